The normalized spacial score (nSPS) is 14.4. The number of aryl methyl sites for hydroxylation is 1. The van der Waals surface area contributed by atoms with Crippen LogP contribution in [0, 0.1) is 12.8 Å². The van der Waals surface area contributed by atoms with Crippen molar-refractivity contribution in [2.45, 2.75) is 32.2 Å². The van der Waals surface area contributed by atoms with Crippen LogP contribution in [0.1, 0.15) is 35.6 Å². The summed E-state index contributed by atoms with van der Waals surface area (Å²) in [6, 6.07) is 12.1. The Balaban J connectivity index is 1.75. The Bertz CT molecular complexity index is 771. The first-order chi connectivity index (χ1) is 13.0. The molecule has 1 saturated carbocycles. The van der Waals surface area contributed by atoms with Crippen molar-refractivity contribution in [1.29, 1.82) is 0 Å². The monoisotopic (exact) mass is 369 g/mol. The maximum atomic E-state index is 12.7. The molecule has 1 amide bonds. The fraction of sp³-hybridized carbons (Fsp3) is 0.409. The van der Waals surface area contributed by atoms with E-state index in [-0.39, 0.29) is 18.4 Å². The molecule has 2 aromatic rings. The highest BCUT2D eigenvalue weighted by Crippen LogP contribution is 2.41. The number of carbonyl (C=O) groups excluding carboxylic acids is 1. The summed E-state index contributed by atoms with van der Waals surface area (Å²) in [6.45, 7) is 2.07. The van der Waals surface area contributed by atoms with Gasteiger partial charge in [-0.25, -0.2) is 0 Å². The molecule has 0 spiro atoms. The molecule has 5 heteroatoms. The number of hydrogen-bond acceptors (Lipinski definition) is 4. The van der Waals surface area contributed by atoms with Crippen molar-refractivity contribution in [3.63, 3.8) is 0 Å². The summed E-state index contributed by atoms with van der Waals surface area (Å²) in [5.74, 6) is 2.15. The zero-order chi connectivity index (χ0) is 19.4. The van der Waals surface area contributed by atoms with Gasteiger partial charge in [-0.3, -0.25) is 4.79 Å². The Morgan fingerprint density at radius 1 is 1.04 bits per heavy atom. The maximum absolute atomic E-state index is 12.7. The number of ether oxygens (including phenoxy) is 3. The molecule has 1 aliphatic rings. The smallest absolute Gasteiger partial charge is 0.224 e. The fourth-order valence-electron chi connectivity index (χ4n) is 3.32. The summed E-state index contributed by atoms with van der Waals surface area (Å²) in [7, 11) is 4.71. The molecular formula is C22H27NO4. The van der Waals surface area contributed by atoms with E-state index in [9.17, 15) is 4.79 Å². The van der Waals surface area contributed by atoms with Gasteiger partial charge in [0.2, 0.25) is 11.7 Å². The van der Waals surface area contributed by atoms with E-state index in [0.29, 0.717) is 23.2 Å². The second kappa shape index (κ2) is 8.33. The van der Waals surface area contributed by atoms with E-state index in [4.69, 9.17) is 14.2 Å². The number of nitrogens with one attached hydrogen (secondary N) is 1. The Kier molecular flexibility index (Phi) is 5.89. The van der Waals surface area contributed by atoms with E-state index in [2.05, 4.69) is 36.5 Å². The van der Waals surface area contributed by atoms with E-state index in [1.165, 1.54) is 11.1 Å². The Morgan fingerprint density at radius 2 is 1.63 bits per heavy atom. The van der Waals surface area contributed by atoms with Crippen LogP contribution in [-0.2, 0) is 11.2 Å². The third kappa shape index (κ3) is 4.54. The van der Waals surface area contributed by atoms with Gasteiger partial charge < -0.3 is 19.5 Å². The molecule has 0 heterocycles. The van der Waals surface area contributed by atoms with E-state index in [1.807, 2.05) is 12.1 Å². The van der Waals surface area contributed by atoms with Gasteiger partial charge in [0.1, 0.15) is 0 Å². The third-order valence-electron chi connectivity index (χ3n) is 4.94. The van der Waals surface area contributed by atoms with Gasteiger partial charge in [-0.1, -0.05) is 29.8 Å². The first kappa shape index (κ1) is 19.1. The maximum Gasteiger partial charge on any atom is 0.224 e. The minimum absolute atomic E-state index is 0.0123. The zero-order valence-corrected chi connectivity index (χ0v) is 16.4. The van der Waals surface area contributed by atoms with Gasteiger partial charge in [0.05, 0.1) is 33.8 Å². The molecule has 3 rings (SSSR count). The van der Waals surface area contributed by atoms with Gasteiger partial charge in [-0.15, -0.1) is 0 Å². The number of amides is 1. The van der Waals surface area contributed by atoms with Gasteiger partial charge in [0, 0.05) is 0 Å². The van der Waals surface area contributed by atoms with Gasteiger partial charge in [0.25, 0.3) is 0 Å². The van der Waals surface area contributed by atoms with Crippen LogP contribution in [0.3, 0.4) is 0 Å². The fourth-order valence-corrected chi connectivity index (χ4v) is 3.32. The predicted molar refractivity (Wildman–Crippen MR) is 105 cm³/mol. The molecule has 0 aromatic heterocycles. The molecule has 0 bridgehead atoms. The minimum atomic E-state index is -0.0123. The summed E-state index contributed by atoms with van der Waals surface area (Å²) < 4.78 is 16.1. The molecule has 0 saturated heterocycles. The van der Waals surface area contributed by atoms with Gasteiger partial charge in [-0.2, -0.15) is 0 Å². The average Bonchev–Trinajstić information content (AvgIpc) is 3.51. The summed E-state index contributed by atoms with van der Waals surface area (Å²) in [6.07, 6.45) is 2.57. The molecule has 5 nitrogen and oxygen atoms in total. The summed E-state index contributed by atoms with van der Waals surface area (Å²) in [4.78, 5) is 12.7. The highest BCUT2D eigenvalue weighted by molar-refractivity contribution is 5.79. The SMILES string of the molecule is COc1cc(CC(=O)NC(c2ccc(C)cc2)C2CC2)cc(OC)c1OC. The molecule has 1 fully saturated rings. The van der Waals surface area contributed by atoms with E-state index in [1.54, 1.807) is 21.3 Å². The lowest BCUT2D eigenvalue weighted by Crippen LogP contribution is -2.31. The second-order valence-corrected chi connectivity index (χ2v) is 7.00. The molecule has 27 heavy (non-hydrogen) atoms. The number of methoxy groups -OCH3 is 3. The Labute approximate surface area is 160 Å². The van der Waals surface area contributed by atoms with Crippen molar-refractivity contribution in [1.82, 2.24) is 5.32 Å². The Morgan fingerprint density at radius 3 is 2.11 bits per heavy atom. The largest absolute Gasteiger partial charge is 0.493 e. The molecule has 0 aliphatic heterocycles. The van der Waals surface area contributed by atoms with E-state index >= 15 is 0 Å². The van der Waals surface area contributed by atoms with Crippen molar-refractivity contribution >= 4 is 5.91 Å². The highest BCUT2D eigenvalue weighted by atomic mass is 16.5. The molecule has 1 aliphatic carbocycles. The molecule has 1 N–H and O–H groups in total. The van der Waals surface area contributed by atoms with Crippen molar-refractivity contribution in [3.05, 3.63) is 53.1 Å². The first-order valence-electron chi connectivity index (χ1n) is 9.20. The number of hydrogen-bond donors (Lipinski definition) is 1. The van der Waals surface area contributed by atoms with E-state index in [0.717, 1.165) is 18.4 Å². The van der Waals surface area contributed by atoms with Crippen LogP contribution in [0.2, 0.25) is 0 Å². The molecule has 1 atom stereocenters. The van der Waals surface area contributed by atoms with E-state index < -0.39 is 0 Å². The van der Waals surface area contributed by atoms with Crippen LogP contribution in [0.4, 0.5) is 0 Å². The van der Waals surface area contributed by atoms with Crippen LogP contribution < -0.4 is 19.5 Å². The van der Waals surface area contributed by atoms with Crippen LogP contribution in [0.15, 0.2) is 36.4 Å². The van der Waals surface area contributed by atoms with Gasteiger partial charge >= 0.3 is 0 Å². The van der Waals surface area contributed by atoms with Crippen LogP contribution in [-0.4, -0.2) is 27.2 Å². The predicted octanol–water partition coefficient (Wildman–Crippen LogP) is 3.83. The number of carbonyl (C=O) groups is 1. The molecule has 0 radical (unpaired) electrons. The summed E-state index contributed by atoms with van der Waals surface area (Å²) in [5.41, 5.74) is 3.21. The van der Waals surface area contributed by atoms with Crippen molar-refractivity contribution in [2.24, 2.45) is 5.92 Å². The molecule has 144 valence electrons. The van der Waals surface area contributed by atoms with Crippen molar-refractivity contribution in [2.75, 3.05) is 21.3 Å². The number of benzene rings is 2. The van der Waals surface area contributed by atoms with Crippen LogP contribution >= 0.6 is 0 Å². The standard InChI is InChI=1S/C22H27NO4/c1-14-5-7-16(8-6-14)21(17-9-10-17)23-20(24)13-15-11-18(25-2)22(27-4)19(12-15)26-3/h5-8,11-12,17,21H,9-10,13H2,1-4H3,(H,23,24). The van der Waals surface area contributed by atoms with Crippen LogP contribution in [0.5, 0.6) is 17.2 Å². The van der Waals surface area contributed by atoms with Gasteiger partial charge in [0.15, 0.2) is 11.5 Å². The third-order valence-corrected chi connectivity index (χ3v) is 4.94. The minimum Gasteiger partial charge on any atom is -0.493 e. The molecular weight excluding hydrogens is 342 g/mol. The summed E-state index contributed by atoms with van der Waals surface area (Å²) >= 11 is 0. The zero-order valence-electron chi connectivity index (χ0n) is 16.4. The first-order valence-corrected chi connectivity index (χ1v) is 9.20. The lowest BCUT2D eigenvalue weighted by molar-refractivity contribution is -0.121. The second-order valence-electron chi connectivity index (χ2n) is 7.00. The molecule has 1 unspecified atom stereocenters. The topological polar surface area (TPSA) is 56.8 Å². The average molecular weight is 369 g/mol. The quantitative estimate of drug-likeness (QED) is 0.768. The van der Waals surface area contributed by atoms with Crippen molar-refractivity contribution in [3.8, 4) is 17.2 Å². The molecule has 2 aromatic carbocycles. The lowest BCUT2D eigenvalue weighted by atomic mass is 10.0. The summed E-state index contributed by atoms with van der Waals surface area (Å²) in [5, 5.41) is 3.21. The lowest BCUT2D eigenvalue weighted by Gasteiger charge is -2.20. The number of rotatable bonds is 8. The van der Waals surface area contributed by atoms with Crippen molar-refractivity contribution < 1.29 is 19.0 Å². The Hall–Kier alpha value is -2.69. The highest BCUT2D eigenvalue weighted by Gasteiger charge is 2.33. The van der Waals surface area contributed by atoms with Gasteiger partial charge in [-0.05, 0) is 48.9 Å². The van der Waals surface area contributed by atoms with Crippen LogP contribution in [0.25, 0.3) is 0 Å².